The summed E-state index contributed by atoms with van der Waals surface area (Å²) < 4.78 is 16.5. The number of hydrogen-bond donors (Lipinski definition) is 1. The van der Waals surface area contributed by atoms with Crippen molar-refractivity contribution in [2.75, 3.05) is 19.5 Å². The van der Waals surface area contributed by atoms with Crippen molar-refractivity contribution in [3.05, 3.63) is 81.8 Å². The van der Waals surface area contributed by atoms with Crippen LogP contribution in [0.2, 0.25) is 10.0 Å². The molecule has 6 heteroatoms. The van der Waals surface area contributed by atoms with Gasteiger partial charge in [0.1, 0.15) is 12.4 Å². The number of ether oxygens (including phenoxy) is 3. The third kappa shape index (κ3) is 5.24. The number of anilines is 1. The Labute approximate surface area is 175 Å². The van der Waals surface area contributed by atoms with Crippen molar-refractivity contribution in [1.82, 2.24) is 0 Å². The van der Waals surface area contributed by atoms with E-state index in [1.54, 1.807) is 14.2 Å². The second kappa shape index (κ2) is 9.58. The minimum absolute atomic E-state index is 0.347. The van der Waals surface area contributed by atoms with Crippen LogP contribution < -0.4 is 19.5 Å². The van der Waals surface area contributed by atoms with Gasteiger partial charge in [-0.3, -0.25) is 0 Å². The minimum atomic E-state index is 0.347. The van der Waals surface area contributed by atoms with Crippen molar-refractivity contribution >= 4 is 28.9 Å². The monoisotopic (exact) mass is 417 g/mol. The van der Waals surface area contributed by atoms with Crippen LogP contribution in [0.1, 0.15) is 11.1 Å². The van der Waals surface area contributed by atoms with Crippen molar-refractivity contribution in [3.63, 3.8) is 0 Å². The Morgan fingerprint density at radius 3 is 2.32 bits per heavy atom. The van der Waals surface area contributed by atoms with Crippen LogP contribution in [0.3, 0.4) is 0 Å². The molecule has 0 heterocycles. The van der Waals surface area contributed by atoms with Crippen molar-refractivity contribution in [2.24, 2.45) is 0 Å². The molecule has 0 amide bonds. The van der Waals surface area contributed by atoms with Gasteiger partial charge >= 0.3 is 0 Å². The molecule has 0 bridgehead atoms. The molecule has 0 fully saturated rings. The first kappa shape index (κ1) is 20.2. The van der Waals surface area contributed by atoms with Crippen LogP contribution in [0.5, 0.6) is 17.2 Å². The van der Waals surface area contributed by atoms with Crippen LogP contribution >= 0.6 is 23.2 Å². The van der Waals surface area contributed by atoms with Gasteiger partial charge in [-0.25, -0.2) is 0 Å². The minimum Gasteiger partial charge on any atom is -0.497 e. The summed E-state index contributed by atoms with van der Waals surface area (Å²) in [4.78, 5) is 0. The molecule has 3 aromatic carbocycles. The van der Waals surface area contributed by atoms with Gasteiger partial charge in [0, 0.05) is 17.3 Å². The Hall–Kier alpha value is -2.56. The summed E-state index contributed by atoms with van der Waals surface area (Å²) in [7, 11) is 3.24. The highest BCUT2D eigenvalue weighted by Gasteiger charge is 2.12. The van der Waals surface area contributed by atoms with E-state index in [1.807, 2.05) is 60.7 Å². The van der Waals surface area contributed by atoms with Crippen LogP contribution in [0.15, 0.2) is 60.7 Å². The van der Waals surface area contributed by atoms with Crippen molar-refractivity contribution < 1.29 is 14.2 Å². The molecule has 0 saturated carbocycles. The summed E-state index contributed by atoms with van der Waals surface area (Å²) in [6.45, 7) is 0.942. The highest BCUT2D eigenvalue weighted by molar-refractivity contribution is 6.32. The first-order valence-corrected chi connectivity index (χ1v) is 9.46. The predicted octanol–water partition coefficient (Wildman–Crippen LogP) is 6.20. The lowest BCUT2D eigenvalue weighted by atomic mass is 10.2. The van der Waals surface area contributed by atoms with E-state index in [-0.39, 0.29) is 0 Å². The summed E-state index contributed by atoms with van der Waals surface area (Å²) in [5.41, 5.74) is 2.92. The smallest absolute Gasteiger partial charge is 0.180 e. The molecule has 0 unspecified atom stereocenters. The Balaban J connectivity index is 1.69. The maximum Gasteiger partial charge on any atom is 0.180 e. The van der Waals surface area contributed by atoms with Crippen molar-refractivity contribution in [3.8, 4) is 17.2 Å². The van der Waals surface area contributed by atoms with E-state index in [0.29, 0.717) is 34.7 Å². The third-order valence-electron chi connectivity index (χ3n) is 4.15. The molecule has 3 rings (SSSR count). The largest absolute Gasteiger partial charge is 0.497 e. The van der Waals surface area contributed by atoms with Gasteiger partial charge in [-0.15, -0.1) is 0 Å². The number of halogens is 2. The zero-order valence-corrected chi connectivity index (χ0v) is 17.2. The fraction of sp³-hybridized carbons (Fsp3) is 0.182. The first-order valence-electron chi connectivity index (χ1n) is 8.70. The normalized spacial score (nSPS) is 10.4. The van der Waals surface area contributed by atoms with Crippen LogP contribution in [-0.2, 0) is 13.2 Å². The van der Waals surface area contributed by atoms with Gasteiger partial charge in [-0.2, -0.15) is 0 Å². The number of nitrogens with one attached hydrogen (secondary N) is 1. The molecule has 0 radical (unpaired) electrons. The number of methoxy groups -OCH3 is 2. The number of rotatable bonds is 8. The molecule has 0 aromatic heterocycles. The first-order chi connectivity index (χ1) is 13.6. The van der Waals surface area contributed by atoms with Crippen molar-refractivity contribution in [1.29, 1.82) is 0 Å². The quantitative estimate of drug-likeness (QED) is 0.473. The van der Waals surface area contributed by atoms with Gasteiger partial charge in [0.2, 0.25) is 0 Å². The maximum absolute atomic E-state index is 6.46. The molecule has 0 aliphatic carbocycles. The third-order valence-corrected chi connectivity index (χ3v) is 4.66. The van der Waals surface area contributed by atoms with Gasteiger partial charge in [0.25, 0.3) is 0 Å². The maximum atomic E-state index is 6.46. The molecule has 28 heavy (non-hydrogen) atoms. The van der Waals surface area contributed by atoms with Crippen molar-refractivity contribution in [2.45, 2.75) is 13.2 Å². The molecule has 1 N–H and O–H groups in total. The van der Waals surface area contributed by atoms with Gasteiger partial charge in [-0.05, 0) is 59.7 Å². The van der Waals surface area contributed by atoms with Gasteiger partial charge in [-0.1, -0.05) is 35.3 Å². The molecular weight excluding hydrogens is 397 g/mol. The fourth-order valence-electron chi connectivity index (χ4n) is 2.71. The van der Waals surface area contributed by atoms with E-state index in [0.717, 1.165) is 22.6 Å². The second-order valence-corrected chi connectivity index (χ2v) is 6.95. The van der Waals surface area contributed by atoms with Gasteiger partial charge in [0.05, 0.1) is 19.2 Å². The highest BCUT2D eigenvalue weighted by Crippen LogP contribution is 2.37. The summed E-state index contributed by atoms with van der Waals surface area (Å²) in [6.07, 6.45) is 0. The SMILES string of the molecule is COc1ccc(NCc2cc(Cl)c(OCc3cccc(Cl)c3)c(OC)c2)cc1. The molecule has 146 valence electrons. The zero-order valence-electron chi connectivity index (χ0n) is 15.7. The standard InChI is InChI=1S/C22H21Cl2NO3/c1-26-19-8-6-18(7-9-19)25-13-16-11-20(24)22(21(12-16)27-2)28-14-15-4-3-5-17(23)10-15/h3-12,25H,13-14H2,1-2H3. The van der Waals surface area contributed by atoms with Crippen LogP contribution in [0.25, 0.3) is 0 Å². The number of hydrogen-bond acceptors (Lipinski definition) is 4. The van der Waals surface area contributed by atoms with Gasteiger partial charge in [0.15, 0.2) is 11.5 Å². The molecule has 0 saturated heterocycles. The Morgan fingerprint density at radius 1 is 0.857 bits per heavy atom. The molecule has 3 aromatic rings. The summed E-state index contributed by atoms with van der Waals surface area (Å²) in [5, 5.41) is 4.51. The fourth-order valence-corrected chi connectivity index (χ4v) is 3.21. The van der Waals surface area contributed by atoms with Crippen LogP contribution in [-0.4, -0.2) is 14.2 Å². The molecular formula is C22H21Cl2NO3. The zero-order chi connectivity index (χ0) is 19.9. The number of benzene rings is 3. The Morgan fingerprint density at radius 2 is 1.64 bits per heavy atom. The van der Waals surface area contributed by atoms with Gasteiger partial charge < -0.3 is 19.5 Å². The topological polar surface area (TPSA) is 39.7 Å². The van der Waals surface area contributed by atoms with E-state index < -0.39 is 0 Å². The summed E-state index contributed by atoms with van der Waals surface area (Å²) in [5.74, 6) is 1.91. The van der Waals surface area contributed by atoms with E-state index in [9.17, 15) is 0 Å². The molecule has 0 aliphatic rings. The van der Waals surface area contributed by atoms with Crippen LogP contribution in [0.4, 0.5) is 5.69 Å². The van der Waals surface area contributed by atoms with E-state index in [2.05, 4.69) is 5.32 Å². The van der Waals surface area contributed by atoms with E-state index >= 15 is 0 Å². The molecule has 4 nitrogen and oxygen atoms in total. The summed E-state index contributed by atoms with van der Waals surface area (Å²) in [6, 6.07) is 19.0. The Bertz CT molecular complexity index is 930. The van der Waals surface area contributed by atoms with E-state index in [4.69, 9.17) is 37.4 Å². The second-order valence-electron chi connectivity index (χ2n) is 6.11. The molecule has 0 spiro atoms. The molecule has 0 aliphatic heterocycles. The lowest BCUT2D eigenvalue weighted by Crippen LogP contribution is -2.02. The Kier molecular flexibility index (Phi) is 6.90. The average Bonchev–Trinajstić information content (AvgIpc) is 2.71. The lowest BCUT2D eigenvalue weighted by Gasteiger charge is -2.15. The predicted molar refractivity (Wildman–Crippen MR) is 114 cm³/mol. The van der Waals surface area contributed by atoms with Crippen LogP contribution in [0, 0.1) is 0 Å². The average molecular weight is 418 g/mol. The van der Waals surface area contributed by atoms with E-state index in [1.165, 1.54) is 0 Å². The molecule has 0 atom stereocenters. The highest BCUT2D eigenvalue weighted by atomic mass is 35.5. The lowest BCUT2D eigenvalue weighted by molar-refractivity contribution is 0.284. The summed E-state index contributed by atoms with van der Waals surface area (Å²) >= 11 is 12.5.